The molecule has 0 atom stereocenters. The zero-order chi connectivity index (χ0) is 13.7. The summed E-state index contributed by atoms with van der Waals surface area (Å²) in [6.07, 6.45) is 3.23. The molecule has 2 rings (SSSR count). The minimum absolute atomic E-state index is 0.301. The fraction of sp³-hybridized carbons (Fsp3) is 0.462. The van der Waals surface area contributed by atoms with E-state index in [4.69, 9.17) is 9.15 Å². The van der Waals surface area contributed by atoms with E-state index in [0.717, 1.165) is 24.3 Å². The molecule has 2 aromatic heterocycles. The highest BCUT2D eigenvalue weighted by Gasteiger charge is 2.20. The third-order valence-electron chi connectivity index (χ3n) is 2.68. The lowest BCUT2D eigenvalue weighted by molar-refractivity contribution is 0.0518. The molecule has 0 aliphatic rings. The molecule has 0 N–H and O–H groups in total. The van der Waals surface area contributed by atoms with Gasteiger partial charge in [0.1, 0.15) is 12.3 Å². The number of nitrogens with zero attached hydrogens (tertiary/aromatic N) is 3. The summed E-state index contributed by atoms with van der Waals surface area (Å²) in [6, 6.07) is 3.68. The number of carbonyl (C=O) groups is 1. The Bertz CT molecular complexity index is 531. The lowest BCUT2D eigenvalue weighted by Crippen LogP contribution is -2.11. The molecule has 0 spiro atoms. The first-order valence-corrected chi connectivity index (χ1v) is 6.38. The van der Waals surface area contributed by atoms with Crippen LogP contribution >= 0.6 is 0 Å². The number of rotatable bonds is 6. The van der Waals surface area contributed by atoms with Crippen molar-refractivity contribution >= 4 is 5.97 Å². The van der Waals surface area contributed by atoms with Crippen LogP contribution in [0.2, 0.25) is 0 Å². The standard InChI is InChI=1S/C13H17N3O3/c1-3-6-11-12(13(17)18-4-2)14-15-16(11)9-10-7-5-8-19-10/h5,7-8H,3-4,6,9H2,1-2H3. The van der Waals surface area contributed by atoms with Crippen molar-refractivity contribution in [1.29, 1.82) is 0 Å². The number of aromatic nitrogens is 3. The van der Waals surface area contributed by atoms with Gasteiger partial charge >= 0.3 is 5.97 Å². The Balaban J connectivity index is 2.25. The largest absolute Gasteiger partial charge is 0.467 e. The van der Waals surface area contributed by atoms with Crippen molar-refractivity contribution < 1.29 is 13.9 Å². The normalized spacial score (nSPS) is 10.6. The van der Waals surface area contributed by atoms with Crippen molar-refractivity contribution in [2.75, 3.05) is 6.61 Å². The fourth-order valence-electron chi connectivity index (χ4n) is 1.85. The molecule has 6 nitrogen and oxygen atoms in total. The lowest BCUT2D eigenvalue weighted by Gasteiger charge is -2.05. The Morgan fingerprint density at radius 3 is 2.95 bits per heavy atom. The molecule has 6 heteroatoms. The number of esters is 1. The molecule has 2 aromatic rings. The van der Waals surface area contributed by atoms with E-state index in [1.165, 1.54) is 0 Å². The molecule has 0 aromatic carbocycles. The summed E-state index contributed by atoms with van der Waals surface area (Å²) in [7, 11) is 0. The first kappa shape index (κ1) is 13.3. The smallest absolute Gasteiger partial charge is 0.360 e. The van der Waals surface area contributed by atoms with E-state index >= 15 is 0 Å². The van der Waals surface area contributed by atoms with Crippen molar-refractivity contribution in [3.8, 4) is 0 Å². The number of furan rings is 1. The van der Waals surface area contributed by atoms with Crippen molar-refractivity contribution in [3.63, 3.8) is 0 Å². The first-order chi connectivity index (χ1) is 9.26. The molecule has 0 amide bonds. The van der Waals surface area contributed by atoms with Gasteiger partial charge in [-0.15, -0.1) is 5.10 Å². The van der Waals surface area contributed by atoms with E-state index in [-0.39, 0.29) is 0 Å². The summed E-state index contributed by atoms with van der Waals surface area (Å²) in [5, 5.41) is 7.95. The van der Waals surface area contributed by atoms with Gasteiger partial charge in [0.2, 0.25) is 0 Å². The van der Waals surface area contributed by atoms with Crippen LogP contribution in [0.25, 0.3) is 0 Å². The Hall–Kier alpha value is -2.11. The minimum Gasteiger partial charge on any atom is -0.467 e. The lowest BCUT2D eigenvalue weighted by atomic mass is 10.2. The van der Waals surface area contributed by atoms with E-state index in [9.17, 15) is 4.79 Å². The minimum atomic E-state index is -0.420. The van der Waals surface area contributed by atoms with Crippen LogP contribution < -0.4 is 0 Å². The van der Waals surface area contributed by atoms with Gasteiger partial charge in [-0.3, -0.25) is 0 Å². The van der Waals surface area contributed by atoms with E-state index in [1.807, 2.05) is 19.1 Å². The summed E-state index contributed by atoms with van der Waals surface area (Å²) in [5.41, 5.74) is 1.09. The van der Waals surface area contributed by atoms with Gasteiger partial charge in [-0.05, 0) is 25.5 Å². The highest BCUT2D eigenvalue weighted by molar-refractivity contribution is 5.88. The number of hydrogen-bond donors (Lipinski definition) is 0. The van der Waals surface area contributed by atoms with E-state index in [1.54, 1.807) is 17.9 Å². The Labute approximate surface area is 111 Å². The molecule has 2 heterocycles. The predicted molar refractivity (Wildman–Crippen MR) is 67.8 cm³/mol. The molecule has 0 aliphatic carbocycles. The summed E-state index contributed by atoms with van der Waals surface area (Å²) >= 11 is 0. The van der Waals surface area contributed by atoms with Gasteiger partial charge in [-0.1, -0.05) is 18.6 Å². The average molecular weight is 263 g/mol. The second-order valence-electron chi connectivity index (χ2n) is 4.09. The maximum atomic E-state index is 11.8. The van der Waals surface area contributed by atoms with Gasteiger partial charge < -0.3 is 9.15 Å². The maximum absolute atomic E-state index is 11.8. The van der Waals surface area contributed by atoms with Crippen LogP contribution in [0.1, 0.15) is 42.2 Å². The van der Waals surface area contributed by atoms with Crippen LogP contribution in [-0.4, -0.2) is 27.6 Å². The number of hydrogen-bond acceptors (Lipinski definition) is 5. The van der Waals surface area contributed by atoms with Gasteiger partial charge in [0.05, 0.1) is 18.6 Å². The summed E-state index contributed by atoms with van der Waals surface area (Å²) in [5.74, 6) is 0.356. The molecule has 0 bridgehead atoms. The number of ether oxygens (including phenoxy) is 1. The molecule has 0 radical (unpaired) electrons. The maximum Gasteiger partial charge on any atom is 0.360 e. The van der Waals surface area contributed by atoms with E-state index < -0.39 is 5.97 Å². The second-order valence-corrected chi connectivity index (χ2v) is 4.09. The van der Waals surface area contributed by atoms with Crippen LogP contribution in [0.5, 0.6) is 0 Å². The van der Waals surface area contributed by atoms with Crippen LogP contribution in [0.4, 0.5) is 0 Å². The summed E-state index contributed by atoms with van der Waals surface area (Å²) in [4.78, 5) is 11.8. The Kier molecular flexibility index (Phi) is 4.33. The Morgan fingerprint density at radius 2 is 2.32 bits per heavy atom. The summed E-state index contributed by atoms with van der Waals surface area (Å²) in [6.45, 7) is 4.61. The molecule has 102 valence electrons. The van der Waals surface area contributed by atoms with Crippen molar-refractivity contribution in [1.82, 2.24) is 15.0 Å². The molecular formula is C13H17N3O3. The quantitative estimate of drug-likeness (QED) is 0.746. The van der Waals surface area contributed by atoms with Crippen molar-refractivity contribution in [2.24, 2.45) is 0 Å². The van der Waals surface area contributed by atoms with E-state index in [2.05, 4.69) is 10.3 Å². The predicted octanol–water partition coefficient (Wildman–Crippen LogP) is 2.05. The van der Waals surface area contributed by atoms with Crippen LogP contribution in [0.15, 0.2) is 22.8 Å². The average Bonchev–Trinajstić information content (AvgIpc) is 3.02. The van der Waals surface area contributed by atoms with Gasteiger partial charge in [-0.2, -0.15) is 0 Å². The molecule has 19 heavy (non-hydrogen) atoms. The highest BCUT2D eigenvalue weighted by atomic mass is 16.5. The summed E-state index contributed by atoms with van der Waals surface area (Å²) < 4.78 is 12.0. The van der Waals surface area contributed by atoms with Gasteiger partial charge in [0.15, 0.2) is 5.69 Å². The molecule has 0 saturated carbocycles. The third kappa shape index (κ3) is 3.01. The zero-order valence-electron chi connectivity index (χ0n) is 11.1. The molecule has 0 unspecified atom stereocenters. The van der Waals surface area contributed by atoms with Crippen molar-refractivity contribution in [3.05, 3.63) is 35.5 Å². The van der Waals surface area contributed by atoms with Gasteiger partial charge in [0, 0.05) is 0 Å². The second kappa shape index (κ2) is 6.17. The molecule has 0 aliphatic heterocycles. The van der Waals surface area contributed by atoms with Crippen LogP contribution in [0.3, 0.4) is 0 Å². The number of carbonyl (C=O) groups excluding carboxylic acids is 1. The monoisotopic (exact) mass is 263 g/mol. The first-order valence-electron chi connectivity index (χ1n) is 6.38. The van der Waals surface area contributed by atoms with Crippen LogP contribution in [0, 0.1) is 0 Å². The molecule has 0 saturated heterocycles. The molecule has 0 fully saturated rings. The zero-order valence-corrected chi connectivity index (χ0v) is 11.1. The van der Waals surface area contributed by atoms with Crippen LogP contribution in [-0.2, 0) is 17.7 Å². The van der Waals surface area contributed by atoms with Crippen molar-refractivity contribution in [2.45, 2.75) is 33.2 Å². The topological polar surface area (TPSA) is 70.2 Å². The third-order valence-corrected chi connectivity index (χ3v) is 2.68. The van der Waals surface area contributed by atoms with Gasteiger partial charge in [-0.25, -0.2) is 9.48 Å². The molecular weight excluding hydrogens is 246 g/mol. The fourth-order valence-corrected chi connectivity index (χ4v) is 1.85. The van der Waals surface area contributed by atoms with E-state index in [0.29, 0.717) is 18.8 Å². The SMILES string of the molecule is CCCc1c(C(=O)OCC)nnn1Cc1ccco1. The highest BCUT2D eigenvalue weighted by Crippen LogP contribution is 2.12. The van der Waals surface area contributed by atoms with Gasteiger partial charge in [0.25, 0.3) is 0 Å². The Morgan fingerprint density at radius 1 is 1.47 bits per heavy atom.